The minimum atomic E-state index is -0.228. The van der Waals surface area contributed by atoms with E-state index in [1.54, 1.807) is 6.07 Å². The first-order chi connectivity index (χ1) is 9.41. The molecular weight excluding hydrogens is 256 g/mol. The Bertz CT molecular complexity index is 426. The summed E-state index contributed by atoms with van der Waals surface area (Å²) in [5.74, 6) is 0.535. The van der Waals surface area contributed by atoms with Gasteiger partial charge in [-0.15, -0.1) is 0 Å². The largest absolute Gasteiger partial charge is 0.507 e. The highest BCUT2D eigenvalue weighted by Gasteiger charge is 2.14. The third kappa shape index (κ3) is 5.09. The fourth-order valence-corrected chi connectivity index (χ4v) is 1.90. The number of phenols is 2. The van der Waals surface area contributed by atoms with E-state index in [-0.39, 0.29) is 23.4 Å². The van der Waals surface area contributed by atoms with Crippen molar-refractivity contribution in [3.05, 3.63) is 23.8 Å². The Morgan fingerprint density at radius 1 is 1.20 bits per heavy atom. The second kappa shape index (κ2) is 7.75. The number of hydrogen-bond acceptors (Lipinski definition) is 4. The lowest BCUT2D eigenvalue weighted by atomic mass is 10.1. The summed E-state index contributed by atoms with van der Waals surface area (Å²) in [5, 5.41) is 25.4. The maximum atomic E-state index is 11.5. The minimum absolute atomic E-state index is 0.0000874. The van der Waals surface area contributed by atoms with E-state index in [1.165, 1.54) is 12.1 Å². The highest BCUT2D eigenvalue weighted by atomic mass is 16.3. The van der Waals surface area contributed by atoms with Crippen LogP contribution in [0.5, 0.6) is 11.5 Å². The first-order valence-corrected chi connectivity index (χ1v) is 6.92. The maximum absolute atomic E-state index is 11.5. The molecule has 1 aromatic carbocycles. The summed E-state index contributed by atoms with van der Waals surface area (Å²) >= 11 is 0. The molecule has 1 unspecified atom stereocenters. The van der Waals surface area contributed by atoms with Crippen LogP contribution in [0.15, 0.2) is 18.2 Å². The Kier molecular flexibility index (Phi) is 6.31. The zero-order chi connectivity index (χ0) is 15.1. The monoisotopic (exact) mass is 280 g/mol. The fraction of sp³-hybridized carbons (Fsp3) is 0.533. The minimum Gasteiger partial charge on any atom is -0.507 e. The number of rotatable bonds is 7. The molecule has 5 nitrogen and oxygen atoms in total. The van der Waals surface area contributed by atoms with Crippen molar-refractivity contribution >= 4 is 5.91 Å². The number of aromatic hydroxyl groups is 2. The molecule has 0 saturated heterocycles. The first kappa shape index (κ1) is 16.3. The molecule has 0 aromatic heterocycles. The Labute approximate surface area is 120 Å². The number of carbonyl (C=O) groups is 1. The molecule has 4 N–H and O–H groups in total. The van der Waals surface area contributed by atoms with E-state index in [0.717, 1.165) is 0 Å². The van der Waals surface area contributed by atoms with Gasteiger partial charge < -0.3 is 20.8 Å². The maximum Gasteiger partial charge on any atom is 0.221 e. The molecule has 1 aromatic rings. The summed E-state index contributed by atoms with van der Waals surface area (Å²) < 4.78 is 0. The van der Waals surface area contributed by atoms with Crippen LogP contribution in [0.25, 0.3) is 0 Å². The molecule has 0 bridgehead atoms. The van der Waals surface area contributed by atoms with E-state index >= 15 is 0 Å². The zero-order valence-corrected chi connectivity index (χ0v) is 12.3. The molecule has 0 saturated carbocycles. The van der Waals surface area contributed by atoms with Crippen molar-refractivity contribution in [1.82, 2.24) is 10.6 Å². The Morgan fingerprint density at radius 2 is 1.80 bits per heavy atom. The molecule has 1 rings (SSSR count). The summed E-state index contributed by atoms with van der Waals surface area (Å²) in [7, 11) is 0. The second-order valence-corrected chi connectivity index (χ2v) is 5.33. The molecule has 0 radical (unpaired) electrons. The van der Waals surface area contributed by atoms with Crippen molar-refractivity contribution in [3.63, 3.8) is 0 Å². The number of benzene rings is 1. The summed E-state index contributed by atoms with van der Waals surface area (Å²) in [5.41, 5.74) is 0.454. The van der Waals surface area contributed by atoms with Crippen LogP contribution < -0.4 is 10.6 Å². The van der Waals surface area contributed by atoms with Crippen LogP contribution in [0.3, 0.4) is 0 Å². The van der Waals surface area contributed by atoms with Crippen molar-refractivity contribution < 1.29 is 15.0 Å². The average Bonchev–Trinajstić information content (AvgIpc) is 2.36. The summed E-state index contributed by atoms with van der Waals surface area (Å²) in [6.07, 6.45) is 0.366. The summed E-state index contributed by atoms with van der Waals surface area (Å²) in [6.45, 7) is 7.08. The van der Waals surface area contributed by atoms with Gasteiger partial charge in [-0.25, -0.2) is 0 Å². The highest BCUT2D eigenvalue weighted by Crippen LogP contribution is 2.31. The van der Waals surface area contributed by atoms with E-state index in [1.807, 2.05) is 20.8 Å². The first-order valence-electron chi connectivity index (χ1n) is 6.92. The lowest BCUT2D eigenvalue weighted by molar-refractivity contribution is -0.121. The van der Waals surface area contributed by atoms with Gasteiger partial charge in [0.1, 0.15) is 11.5 Å². The van der Waals surface area contributed by atoms with Crippen LogP contribution in [-0.2, 0) is 4.79 Å². The van der Waals surface area contributed by atoms with Gasteiger partial charge >= 0.3 is 0 Å². The van der Waals surface area contributed by atoms with Gasteiger partial charge in [-0.3, -0.25) is 4.79 Å². The van der Waals surface area contributed by atoms with Crippen LogP contribution in [0.1, 0.15) is 38.8 Å². The Balaban J connectivity index is 2.40. The van der Waals surface area contributed by atoms with Gasteiger partial charge in [0.15, 0.2) is 0 Å². The van der Waals surface area contributed by atoms with Crippen molar-refractivity contribution in [3.8, 4) is 11.5 Å². The average molecular weight is 280 g/mol. The standard InChI is InChI=1S/C15H24N2O3/c1-10(2)9-17-14(20)7-8-16-11(3)15-12(18)5-4-6-13(15)19/h4-6,10-11,16,18-19H,7-9H2,1-3H3,(H,17,20). The van der Waals surface area contributed by atoms with Crippen LogP contribution in [0, 0.1) is 5.92 Å². The van der Waals surface area contributed by atoms with Crippen molar-refractivity contribution in [2.24, 2.45) is 5.92 Å². The Morgan fingerprint density at radius 3 is 2.35 bits per heavy atom. The number of phenolic OH excluding ortho intramolecular Hbond substituents is 2. The molecule has 20 heavy (non-hydrogen) atoms. The zero-order valence-electron chi connectivity index (χ0n) is 12.3. The molecule has 5 heteroatoms. The topological polar surface area (TPSA) is 81.6 Å². The predicted octanol–water partition coefficient (Wildman–Crippen LogP) is 1.91. The molecule has 0 aliphatic carbocycles. The molecule has 0 spiro atoms. The van der Waals surface area contributed by atoms with Crippen molar-refractivity contribution in [2.45, 2.75) is 33.2 Å². The summed E-state index contributed by atoms with van der Waals surface area (Å²) in [4.78, 5) is 11.5. The van der Waals surface area contributed by atoms with Crippen LogP contribution >= 0.6 is 0 Å². The molecular formula is C15H24N2O3. The van der Waals surface area contributed by atoms with Crippen molar-refractivity contribution in [2.75, 3.05) is 13.1 Å². The number of nitrogens with one attached hydrogen (secondary N) is 2. The van der Waals surface area contributed by atoms with E-state index in [9.17, 15) is 15.0 Å². The fourth-order valence-electron chi connectivity index (χ4n) is 1.90. The van der Waals surface area contributed by atoms with Crippen LogP contribution in [0.4, 0.5) is 0 Å². The SMILES string of the molecule is CC(C)CNC(=O)CCNC(C)c1c(O)cccc1O. The van der Waals surface area contributed by atoms with E-state index < -0.39 is 0 Å². The van der Waals surface area contributed by atoms with Gasteiger partial charge in [0.05, 0.1) is 5.56 Å². The normalized spacial score (nSPS) is 12.4. The lowest BCUT2D eigenvalue weighted by Crippen LogP contribution is -2.31. The number of hydrogen-bond donors (Lipinski definition) is 4. The third-order valence-corrected chi connectivity index (χ3v) is 3.00. The second-order valence-electron chi connectivity index (χ2n) is 5.33. The lowest BCUT2D eigenvalue weighted by Gasteiger charge is -2.17. The van der Waals surface area contributed by atoms with Crippen molar-refractivity contribution in [1.29, 1.82) is 0 Å². The van der Waals surface area contributed by atoms with Gasteiger partial charge in [0.25, 0.3) is 0 Å². The van der Waals surface area contributed by atoms with E-state index in [4.69, 9.17) is 0 Å². The van der Waals surface area contributed by atoms with Crippen LogP contribution in [0.2, 0.25) is 0 Å². The molecule has 0 fully saturated rings. The highest BCUT2D eigenvalue weighted by molar-refractivity contribution is 5.76. The van der Waals surface area contributed by atoms with E-state index in [0.29, 0.717) is 31.0 Å². The molecule has 0 aliphatic heterocycles. The van der Waals surface area contributed by atoms with E-state index in [2.05, 4.69) is 10.6 Å². The van der Waals surface area contributed by atoms with Gasteiger partial charge in [0.2, 0.25) is 5.91 Å². The number of amides is 1. The number of carbonyl (C=O) groups excluding carboxylic acids is 1. The molecule has 1 atom stereocenters. The summed E-state index contributed by atoms with van der Waals surface area (Å²) in [6, 6.07) is 4.42. The molecule has 0 aliphatic rings. The van der Waals surface area contributed by atoms with Crippen LogP contribution in [-0.4, -0.2) is 29.2 Å². The van der Waals surface area contributed by atoms with Gasteiger partial charge in [-0.05, 0) is 25.0 Å². The molecule has 1 amide bonds. The Hall–Kier alpha value is -1.75. The predicted molar refractivity (Wildman–Crippen MR) is 78.7 cm³/mol. The van der Waals surface area contributed by atoms with Gasteiger partial charge in [-0.1, -0.05) is 19.9 Å². The molecule has 0 heterocycles. The smallest absolute Gasteiger partial charge is 0.221 e. The van der Waals surface area contributed by atoms with Gasteiger partial charge in [0, 0.05) is 25.6 Å². The quantitative estimate of drug-likeness (QED) is 0.615. The van der Waals surface area contributed by atoms with Gasteiger partial charge in [-0.2, -0.15) is 0 Å². The molecule has 112 valence electrons. The third-order valence-electron chi connectivity index (χ3n) is 3.00.